The molecule has 0 unspecified atom stereocenters. The minimum Gasteiger partial charge on any atom is -0.506 e. The van der Waals surface area contributed by atoms with E-state index < -0.39 is 0 Å². The molecule has 26 heavy (non-hydrogen) atoms. The van der Waals surface area contributed by atoms with Gasteiger partial charge in [0.2, 0.25) is 17.0 Å². The number of halogens is 2. The first-order chi connectivity index (χ1) is 12.1. The minimum absolute atomic E-state index is 0.0803. The fourth-order valence-corrected chi connectivity index (χ4v) is 3.59. The molecule has 2 aromatic rings. The molecule has 0 saturated carbocycles. The van der Waals surface area contributed by atoms with Crippen LogP contribution in [0.4, 0.5) is 5.95 Å². The lowest BCUT2D eigenvalue weighted by Crippen LogP contribution is -2.41. The second kappa shape index (κ2) is 8.87. The highest BCUT2D eigenvalue weighted by atomic mass is 79.9. The quantitative estimate of drug-likeness (QED) is 0.271. The van der Waals surface area contributed by atoms with Crippen LogP contribution in [0.1, 0.15) is 26.3 Å². The van der Waals surface area contributed by atoms with Gasteiger partial charge in [0.05, 0.1) is 20.9 Å². The van der Waals surface area contributed by atoms with Gasteiger partial charge >= 0.3 is 0 Å². The van der Waals surface area contributed by atoms with E-state index >= 15 is 0 Å². The highest BCUT2D eigenvalue weighted by Crippen LogP contribution is 2.32. The number of benzene rings is 1. The zero-order valence-electron chi connectivity index (χ0n) is 14.3. The Hall–Kier alpha value is -1.59. The average molecular weight is 506 g/mol. The van der Waals surface area contributed by atoms with Crippen LogP contribution in [0.5, 0.6) is 5.75 Å². The number of thioether (sulfide) groups is 1. The van der Waals surface area contributed by atoms with Gasteiger partial charge in [-0.1, -0.05) is 11.8 Å². The molecule has 1 aromatic carbocycles. The standard InChI is InChI=1S/C15H18Br2N6O2S/c1-15(2,3)20-11(24)7-26-14-19-13(22-23-14)21-18-6-8-4-9(16)12(25)10(17)5-8/h4-6,25H,7H2,1-3H3,(H,20,24)(H2,19,21,22,23)/b18-6-. The summed E-state index contributed by atoms with van der Waals surface area (Å²) in [4.78, 5) is 16.0. The van der Waals surface area contributed by atoms with E-state index in [9.17, 15) is 9.90 Å². The lowest BCUT2D eigenvalue weighted by atomic mass is 10.1. The van der Waals surface area contributed by atoms with Crippen molar-refractivity contribution in [1.82, 2.24) is 20.5 Å². The highest BCUT2D eigenvalue weighted by molar-refractivity contribution is 9.11. The van der Waals surface area contributed by atoms with Crippen LogP contribution in [0, 0.1) is 0 Å². The molecule has 0 radical (unpaired) electrons. The van der Waals surface area contributed by atoms with Crippen molar-refractivity contribution < 1.29 is 9.90 Å². The Morgan fingerprint density at radius 2 is 2.04 bits per heavy atom. The summed E-state index contributed by atoms with van der Waals surface area (Å²) in [5.74, 6) is 0.635. The molecule has 0 aliphatic rings. The van der Waals surface area contributed by atoms with Gasteiger partial charge in [0, 0.05) is 5.54 Å². The van der Waals surface area contributed by atoms with Gasteiger partial charge < -0.3 is 10.4 Å². The smallest absolute Gasteiger partial charge is 0.240 e. The van der Waals surface area contributed by atoms with Crippen LogP contribution in [-0.4, -0.2) is 43.7 Å². The normalized spacial score (nSPS) is 11.7. The van der Waals surface area contributed by atoms with Crippen molar-refractivity contribution in [2.24, 2.45) is 5.10 Å². The molecular weight excluding hydrogens is 488 g/mol. The van der Waals surface area contributed by atoms with E-state index in [1.54, 1.807) is 18.3 Å². The summed E-state index contributed by atoms with van der Waals surface area (Å²) in [6.07, 6.45) is 1.57. The number of carbonyl (C=O) groups is 1. The van der Waals surface area contributed by atoms with Crippen LogP contribution < -0.4 is 10.7 Å². The maximum absolute atomic E-state index is 11.8. The summed E-state index contributed by atoms with van der Waals surface area (Å²) in [6, 6.07) is 3.45. The van der Waals surface area contributed by atoms with Gasteiger partial charge in [-0.3, -0.25) is 4.79 Å². The van der Waals surface area contributed by atoms with Crippen LogP contribution in [0.3, 0.4) is 0 Å². The van der Waals surface area contributed by atoms with E-state index in [1.165, 1.54) is 11.8 Å². The van der Waals surface area contributed by atoms with Crippen molar-refractivity contribution in [2.45, 2.75) is 31.5 Å². The molecule has 0 saturated heterocycles. The van der Waals surface area contributed by atoms with Crippen LogP contribution in [0.2, 0.25) is 0 Å². The van der Waals surface area contributed by atoms with E-state index in [0.29, 0.717) is 20.1 Å². The zero-order valence-corrected chi connectivity index (χ0v) is 18.3. The molecule has 0 atom stereocenters. The molecule has 0 aliphatic heterocycles. The number of aromatic nitrogens is 3. The van der Waals surface area contributed by atoms with Gasteiger partial charge in [-0.25, -0.2) is 10.5 Å². The Morgan fingerprint density at radius 1 is 1.38 bits per heavy atom. The summed E-state index contributed by atoms with van der Waals surface area (Å²) < 4.78 is 1.11. The fourth-order valence-electron chi connectivity index (χ4n) is 1.77. The van der Waals surface area contributed by atoms with Gasteiger partial charge in [-0.05, 0) is 70.3 Å². The monoisotopic (exact) mass is 504 g/mol. The maximum Gasteiger partial charge on any atom is 0.240 e. The first-order valence-electron chi connectivity index (χ1n) is 7.47. The third kappa shape index (κ3) is 6.61. The number of aromatic hydroxyl groups is 1. The molecule has 1 heterocycles. The minimum atomic E-state index is -0.268. The predicted molar refractivity (Wildman–Crippen MR) is 110 cm³/mol. The molecule has 4 N–H and O–H groups in total. The number of phenolic OH excluding ortho intramolecular Hbond substituents is 1. The number of amides is 1. The first kappa shape index (κ1) is 20.7. The molecule has 11 heteroatoms. The zero-order chi connectivity index (χ0) is 19.3. The molecule has 140 valence electrons. The Morgan fingerprint density at radius 3 is 2.65 bits per heavy atom. The number of nitrogens with one attached hydrogen (secondary N) is 3. The fraction of sp³-hybridized carbons (Fsp3) is 0.333. The Kier molecular flexibility index (Phi) is 7.07. The van der Waals surface area contributed by atoms with Gasteiger partial charge in [0.25, 0.3) is 0 Å². The van der Waals surface area contributed by atoms with Crippen molar-refractivity contribution >= 4 is 61.7 Å². The van der Waals surface area contributed by atoms with Crippen molar-refractivity contribution in [3.63, 3.8) is 0 Å². The Bertz CT molecular complexity index is 796. The highest BCUT2D eigenvalue weighted by Gasteiger charge is 2.14. The van der Waals surface area contributed by atoms with Crippen LogP contribution in [-0.2, 0) is 4.79 Å². The molecule has 2 rings (SSSR count). The molecule has 0 aliphatic carbocycles. The number of phenols is 1. The van der Waals surface area contributed by atoms with Crippen molar-refractivity contribution in [1.29, 1.82) is 0 Å². The molecule has 0 fully saturated rings. The molecule has 1 amide bonds. The van der Waals surface area contributed by atoms with Gasteiger partial charge in [0.15, 0.2) is 0 Å². The van der Waals surface area contributed by atoms with E-state index in [2.05, 4.69) is 62.9 Å². The summed E-state index contributed by atoms with van der Waals surface area (Å²) in [5.41, 5.74) is 3.22. The van der Waals surface area contributed by atoms with Crippen molar-refractivity contribution in [3.8, 4) is 5.75 Å². The molecule has 1 aromatic heterocycles. The second-order valence-corrected chi connectivity index (χ2v) is 8.91. The number of carbonyl (C=O) groups excluding carboxylic acids is 1. The SMILES string of the molecule is CC(C)(C)NC(=O)CSc1n[nH]c(N/N=C\c2cc(Br)c(O)c(Br)c2)n1. The Labute approximate surface area is 171 Å². The van der Waals surface area contributed by atoms with Gasteiger partial charge in [-0.2, -0.15) is 10.1 Å². The van der Waals surface area contributed by atoms with E-state index in [0.717, 1.165) is 5.56 Å². The summed E-state index contributed by atoms with van der Waals surface area (Å²) in [5, 5.41) is 23.8. The Balaban J connectivity index is 1.87. The van der Waals surface area contributed by atoms with Crippen LogP contribution >= 0.6 is 43.6 Å². The van der Waals surface area contributed by atoms with E-state index in [-0.39, 0.29) is 22.9 Å². The molecule has 0 spiro atoms. The number of H-pyrrole nitrogens is 1. The first-order valence-corrected chi connectivity index (χ1v) is 10.0. The number of hydrogen-bond acceptors (Lipinski definition) is 7. The average Bonchev–Trinajstić information content (AvgIpc) is 2.97. The van der Waals surface area contributed by atoms with E-state index in [4.69, 9.17) is 0 Å². The van der Waals surface area contributed by atoms with Crippen molar-refractivity contribution in [3.05, 3.63) is 26.6 Å². The summed E-state index contributed by atoms with van der Waals surface area (Å²) in [7, 11) is 0. The number of rotatable bonds is 6. The number of hydrogen-bond donors (Lipinski definition) is 4. The number of hydrazone groups is 1. The van der Waals surface area contributed by atoms with Crippen molar-refractivity contribution in [2.75, 3.05) is 11.2 Å². The summed E-state index contributed by atoms with van der Waals surface area (Å²) in [6.45, 7) is 5.77. The summed E-state index contributed by atoms with van der Waals surface area (Å²) >= 11 is 7.74. The molecule has 8 nitrogen and oxygen atoms in total. The number of anilines is 1. The third-order valence-electron chi connectivity index (χ3n) is 2.73. The number of nitrogens with zero attached hydrogens (tertiary/aromatic N) is 3. The predicted octanol–water partition coefficient (Wildman–Crippen LogP) is 3.49. The van der Waals surface area contributed by atoms with Gasteiger partial charge in [0.1, 0.15) is 5.75 Å². The third-order valence-corrected chi connectivity index (χ3v) is 4.79. The van der Waals surface area contributed by atoms with E-state index in [1.807, 2.05) is 20.8 Å². The lowest BCUT2D eigenvalue weighted by Gasteiger charge is -2.19. The second-order valence-electron chi connectivity index (χ2n) is 6.26. The van der Waals surface area contributed by atoms with Crippen LogP contribution in [0.25, 0.3) is 0 Å². The topological polar surface area (TPSA) is 115 Å². The molecular formula is C15H18Br2N6O2S. The van der Waals surface area contributed by atoms with Crippen LogP contribution in [0.15, 0.2) is 31.3 Å². The lowest BCUT2D eigenvalue weighted by molar-refractivity contribution is -0.119. The van der Waals surface area contributed by atoms with Gasteiger partial charge in [-0.15, -0.1) is 5.10 Å². The maximum atomic E-state index is 11.8. The number of aromatic amines is 1. The largest absolute Gasteiger partial charge is 0.506 e. The molecule has 0 bridgehead atoms.